The molecule has 120 valence electrons. The van der Waals surface area contributed by atoms with Crippen LogP contribution in [0, 0.1) is 5.95 Å². The number of hydrogen-bond acceptors (Lipinski definition) is 2. The van der Waals surface area contributed by atoms with E-state index in [1.165, 1.54) is 16.7 Å². The number of aromatic nitrogens is 2. The fraction of sp³-hybridized carbons (Fsp3) is 0.200. The van der Waals surface area contributed by atoms with E-state index in [0.29, 0.717) is 6.42 Å². The first-order chi connectivity index (χ1) is 10.8. The van der Waals surface area contributed by atoms with Crippen LogP contribution in [0.25, 0.3) is 17.3 Å². The zero-order valence-corrected chi connectivity index (χ0v) is 11.6. The molecule has 0 saturated heterocycles. The second-order valence-corrected chi connectivity index (χ2v) is 4.97. The second kappa shape index (κ2) is 5.22. The number of carboxylic acids is 1. The molecule has 3 heterocycles. The lowest BCUT2D eigenvalue weighted by Gasteiger charge is -2.15. The van der Waals surface area contributed by atoms with Crippen molar-refractivity contribution >= 4 is 12.0 Å². The fourth-order valence-corrected chi connectivity index (χ4v) is 2.78. The van der Waals surface area contributed by atoms with Crippen molar-refractivity contribution in [2.24, 2.45) is 0 Å². The molecule has 1 aliphatic rings. The van der Waals surface area contributed by atoms with Crippen molar-refractivity contribution < 1.29 is 27.5 Å². The van der Waals surface area contributed by atoms with Crippen LogP contribution in [0.3, 0.4) is 0 Å². The maximum atomic E-state index is 14.0. The molecule has 0 radical (unpaired) electrons. The van der Waals surface area contributed by atoms with Gasteiger partial charge in [0.05, 0.1) is 28.1 Å². The van der Waals surface area contributed by atoms with E-state index in [9.17, 15) is 27.5 Å². The lowest BCUT2D eigenvalue weighted by molar-refractivity contribution is -0.137. The summed E-state index contributed by atoms with van der Waals surface area (Å²) in [5.74, 6) is -2.78. The summed E-state index contributed by atoms with van der Waals surface area (Å²) in [5, 5.41) is 9.26. The number of rotatable bonds is 2. The highest BCUT2D eigenvalue weighted by atomic mass is 19.4. The number of hydrogen-bond donors (Lipinski definition) is 1. The molecule has 1 N–H and O–H groups in total. The molecule has 4 nitrogen and oxygen atoms in total. The van der Waals surface area contributed by atoms with Crippen LogP contribution in [0.15, 0.2) is 24.4 Å². The van der Waals surface area contributed by atoms with E-state index >= 15 is 0 Å². The molecule has 0 atom stereocenters. The molecule has 0 saturated carbocycles. The molecule has 3 rings (SSSR count). The number of pyridine rings is 1. The summed E-state index contributed by atoms with van der Waals surface area (Å²) < 4.78 is 55.7. The molecule has 0 amide bonds. The third-order valence-electron chi connectivity index (χ3n) is 3.61. The predicted octanol–water partition coefficient (Wildman–Crippen LogP) is 3.82. The Morgan fingerprint density at radius 2 is 2.09 bits per heavy atom. The number of carboxylic acid groups (broad SMARTS) is 1. The van der Waals surface area contributed by atoms with E-state index in [2.05, 4.69) is 4.98 Å². The van der Waals surface area contributed by atoms with Crippen LogP contribution < -0.4 is 0 Å². The smallest absolute Gasteiger partial charge is 0.419 e. The van der Waals surface area contributed by atoms with Gasteiger partial charge in [-0.3, -0.25) is 0 Å². The van der Waals surface area contributed by atoms with Crippen LogP contribution in [-0.4, -0.2) is 20.6 Å². The summed E-state index contributed by atoms with van der Waals surface area (Å²) in [5.41, 5.74) is -3.18. The Morgan fingerprint density at radius 3 is 2.70 bits per heavy atom. The van der Waals surface area contributed by atoms with Gasteiger partial charge >= 0.3 is 12.1 Å². The Morgan fingerprint density at radius 1 is 1.35 bits per heavy atom. The normalized spacial score (nSPS) is 13.9. The van der Waals surface area contributed by atoms with E-state index in [1.54, 1.807) is 6.08 Å². The Balaban J connectivity index is 2.46. The topological polar surface area (TPSA) is 55.1 Å². The van der Waals surface area contributed by atoms with E-state index in [0.717, 1.165) is 12.3 Å². The van der Waals surface area contributed by atoms with Gasteiger partial charge < -0.3 is 9.67 Å². The summed E-state index contributed by atoms with van der Waals surface area (Å²) in [6, 6.07) is 2.46. The van der Waals surface area contributed by atoms with Crippen LogP contribution >= 0.6 is 0 Å². The van der Waals surface area contributed by atoms with Crippen molar-refractivity contribution in [3.8, 4) is 11.3 Å². The van der Waals surface area contributed by atoms with Crippen LogP contribution in [-0.2, 0) is 12.7 Å². The highest BCUT2D eigenvalue weighted by Gasteiger charge is 2.44. The van der Waals surface area contributed by atoms with Crippen LogP contribution in [0.4, 0.5) is 17.6 Å². The van der Waals surface area contributed by atoms with Crippen molar-refractivity contribution in [3.05, 3.63) is 47.2 Å². The molecular formula is C15H10F4N2O2. The van der Waals surface area contributed by atoms with Crippen LogP contribution in [0.5, 0.6) is 0 Å². The van der Waals surface area contributed by atoms with Gasteiger partial charge in [0.25, 0.3) is 0 Å². The minimum atomic E-state index is -4.94. The molecule has 2 aromatic heterocycles. The average molecular weight is 326 g/mol. The van der Waals surface area contributed by atoms with E-state index in [1.807, 2.05) is 0 Å². The molecular weight excluding hydrogens is 316 g/mol. The van der Waals surface area contributed by atoms with Gasteiger partial charge in [-0.1, -0.05) is 6.08 Å². The zero-order chi connectivity index (χ0) is 16.8. The van der Waals surface area contributed by atoms with Crippen LogP contribution in [0.1, 0.15) is 28.0 Å². The summed E-state index contributed by atoms with van der Waals surface area (Å²) >= 11 is 0. The fourth-order valence-electron chi connectivity index (χ4n) is 2.78. The molecule has 8 heteroatoms. The zero-order valence-electron chi connectivity index (χ0n) is 11.6. The van der Waals surface area contributed by atoms with Crippen LogP contribution in [0.2, 0.25) is 0 Å². The van der Waals surface area contributed by atoms with Gasteiger partial charge in [-0.15, -0.1) is 0 Å². The van der Waals surface area contributed by atoms with Gasteiger partial charge in [0.15, 0.2) is 0 Å². The monoisotopic (exact) mass is 326 g/mol. The third-order valence-corrected chi connectivity index (χ3v) is 3.61. The molecule has 0 unspecified atom stereocenters. The Kier molecular flexibility index (Phi) is 3.46. The van der Waals surface area contributed by atoms with E-state index in [-0.39, 0.29) is 17.8 Å². The lowest BCUT2D eigenvalue weighted by atomic mass is 10.0. The number of fused-ring (bicyclic) bond motifs is 1. The van der Waals surface area contributed by atoms with Crippen molar-refractivity contribution in [1.82, 2.24) is 9.55 Å². The molecule has 0 bridgehead atoms. The largest absolute Gasteiger partial charge is 0.478 e. The Labute approximate surface area is 127 Å². The Hall–Kier alpha value is -2.64. The number of halogens is 4. The number of allylic oxidation sites excluding steroid dienone is 1. The van der Waals surface area contributed by atoms with Gasteiger partial charge in [0.2, 0.25) is 5.95 Å². The van der Waals surface area contributed by atoms with Crippen molar-refractivity contribution in [2.75, 3.05) is 0 Å². The van der Waals surface area contributed by atoms with Gasteiger partial charge in [-0.05, 0) is 24.6 Å². The van der Waals surface area contributed by atoms with Crippen molar-refractivity contribution in [1.29, 1.82) is 0 Å². The average Bonchev–Trinajstić information content (AvgIpc) is 2.83. The number of nitrogens with zero attached hydrogens (tertiary/aromatic N) is 2. The molecule has 0 aliphatic carbocycles. The maximum absolute atomic E-state index is 14.0. The van der Waals surface area contributed by atoms with Gasteiger partial charge in [-0.25, -0.2) is 9.78 Å². The molecule has 0 spiro atoms. The Bertz CT molecular complexity index is 822. The van der Waals surface area contributed by atoms with Gasteiger partial charge in [0.1, 0.15) is 0 Å². The predicted molar refractivity (Wildman–Crippen MR) is 73.2 cm³/mol. The third kappa shape index (κ3) is 2.39. The van der Waals surface area contributed by atoms with Crippen molar-refractivity contribution in [3.63, 3.8) is 0 Å². The minimum Gasteiger partial charge on any atom is -0.478 e. The molecule has 23 heavy (non-hydrogen) atoms. The van der Waals surface area contributed by atoms with Crippen molar-refractivity contribution in [2.45, 2.75) is 19.1 Å². The van der Waals surface area contributed by atoms with Gasteiger partial charge in [-0.2, -0.15) is 17.6 Å². The molecule has 0 fully saturated rings. The van der Waals surface area contributed by atoms with Gasteiger partial charge in [0, 0.05) is 12.7 Å². The summed E-state index contributed by atoms with van der Waals surface area (Å²) in [7, 11) is 0. The second-order valence-electron chi connectivity index (χ2n) is 4.97. The highest BCUT2D eigenvalue weighted by molar-refractivity contribution is 5.97. The standard InChI is InChI=1S/C15H10F4N2O2/c16-13-8(4-3-6-20-13)12-11(15(17,18)19)10(14(22)23)9-5-1-2-7-21(9)12/h1,3-6H,2,7H2,(H,22,23). The number of alkyl halides is 3. The van der Waals surface area contributed by atoms with E-state index in [4.69, 9.17) is 0 Å². The summed E-state index contributed by atoms with van der Waals surface area (Å²) in [4.78, 5) is 14.8. The molecule has 2 aromatic rings. The quantitative estimate of drug-likeness (QED) is 0.674. The summed E-state index contributed by atoms with van der Waals surface area (Å²) in [6.45, 7) is 0.131. The first-order valence-electron chi connectivity index (χ1n) is 6.66. The number of aromatic carboxylic acids is 1. The first kappa shape index (κ1) is 15.3. The highest BCUT2D eigenvalue weighted by Crippen LogP contribution is 2.44. The SMILES string of the molecule is O=C(O)c1c(C(F)(F)F)c(-c2cccnc2F)n2c1C=CCC2. The minimum absolute atomic E-state index is 0.0886. The van der Waals surface area contributed by atoms with E-state index < -0.39 is 34.9 Å². The number of carbonyl (C=O) groups is 1. The molecule has 1 aliphatic heterocycles. The lowest BCUT2D eigenvalue weighted by Crippen LogP contribution is -2.13. The first-order valence-corrected chi connectivity index (χ1v) is 6.66. The summed E-state index contributed by atoms with van der Waals surface area (Å²) in [6.07, 6.45) is -0.494. The molecule has 0 aromatic carbocycles. The maximum Gasteiger partial charge on any atom is 0.419 e.